The number of pyridine rings is 1. The van der Waals surface area contributed by atoms with Crippen molar-refractivity contribution in [3.05, 3.63) is 82.4 Å². The molecule has 8 nitrogen and oxygen atoms in total. The molecule has 1 aliphatic rings. The first-order chi connectivity index (χ1) is 17.1. The minimum atomic E-state index is -1.32. The molecule has 3 N–H and O–H groups in total. The summed E-state index contributed by atoms with van der Waals surface area (Å²) in [5.41, 5.74) is 0.917. The third kappa shape index (κ3) is 5.39. The topological polar surface area (TPSA) is 120 Å². The summed E-state index contributed by atoms with van der Waals surface area (Å²) in [7, 11) is 0. The number of carbonyl (C=O) groups is 3. The van der Waals surface area contributed by atoms with Gasteiger partial charge < -0.3 is 15.5 Å². The van der Waals surface area contributed by atoms with Crippen LogP contribution in [0.4, 0.5) is 14.5 Å². The number of carbonyl (C=O) groups excluding carboxylic acids is 2. The number of nitrogens with one attached hydrogen (secondary N) is 1. The Morgan fingerprint density at radius 3 is 2.58 bits per heavy atom. The molecule has 1 aromatic heterocycles. The number of nitrogens with zero attached hydrogens (tertiary/aromatic N) is 2. The van der Waals surface area contributed by atoms with Crippen molar-refractivity contribution in [2.75, 3.05) is 11.9 Å². The van der Waals surface area contributed by atoms with Crippen LogP contribution < -0.4 is 5.32 Å². The quantitative estimate of drug-likeness (QED) is 0.321. The van der Waals surface area contributed by atoms with Gasteiger partial charge in [-0.05, 0) is 48.5 Å². The number of thioether (sulfide) groups is 1. The zero-order valence-corrected chi connectivity index (χ0v) is 19.7. The number of aromatic carboxylic acids is 1. The van der Waals surface area contributed by atoms with E-state index in [4.69, 9.17) is 17.3 Å². The number of hydrogen-bond donors (Lipinski definition) is 3. The second-order valence-electron chi connectivity index (χ2n) is 7.43. The van der Waals surface area contributed by atoms with Gasteiger partial charge in [0.15, 0.2) is 11.6 Å². The van der Waals surface area contributed by atoms with Crippen molar-refractivity contribution in [2.24, 2.45) is 0 Å². The fourth-order valence-electron chi connectivity index (χ4n) is 3.25. The third-order valence-corrected chi connectivity index (χ3v) is 6.33. The van der Waals surface area contributed by atoms with Gasteiger partial charge in [-0.3, -0.25) is 14.5 Å². The van der Waals surface area contributed by atoms with Gasteiger partial charge in [0.05, 0.1) is 16.3 Å². The highest BCUT2D eigenvalue weighted by atomic mass is 32.2. The first-order valence-electron chi connectivity index (χ1n) is 10.2. The predicted molar refractivity (Wildman–Crippen MR) is 133 cm³/mol. The molecule has 2 amide bonds. The maximum absolute atomic E-state index is 13.6. The maximum atomic E-state index is 13.6. The minimum absolute atomic E-state index is 0.140. The Bertz CT molecular complexity index is 1460. The molecule has 182 valence electrons. The number of aromatic hydroxyl groups is 1. The maximum Gasteiger partial charge on any atom is 0.339 e. The zero-order valence-electron chi connectivity index (χ0n) is 18.1. The summed E-state index contributed by atoms with van der Waals surface area (Å²) in [6.07, 6.45) is 1.48. The van der Waals surface area contributed by atoms with Gasteiger partial charge >= 0.3 is 5.97 Å². The third-order valence-electron chi connectivity index (χ3n) is 4.95. The second-order valence-corrected chi connectivity index (χ2v) is 9.11. The van der Waals surface area contributed by atoms with E-state index < -0.39 is 41.7 Å². The van der Waals surface area contributed by atoms with Crippen molar-refractivity contribution in [1.82, 2.24) is 9.88 Å². The molecule has 2 aromatic carbocycles. The van der Waals surface area contributed by atoms with E-state index in [0.29, 0.717) is 17.0 Å². The number of benzene rings is 2. The van der Waals surface area contributed by atoms with Crippen molar-refractivity contribution in [1.29, 1.82) is 0 Å². The standard InChI is InChI=1S/C24H15F2N3O5S2/c25-16-7-4-12(8-17(16)26)18-3-1-2-13(27-18)10-20-22(32)29(24(35)36-20)11-21(31)28-14-5-6-15(23(33)34)19(30)9-14/h1-10,30H,11H2,(H,28,31)(H,33,34)/b20-10-. The molecule has 1 fully saturated rings. The lowest BCUT2D eigenvalue weighted by Crippen LogP contribution is -2.36. The van der Waals surface area contributed by atoms with Gasteiger partial charge in [-0.25, -0.2) is 18.6 Å². The van der Waals surface area contributed by atoms with Crippen molar-refractivity contribution in [3.8, 4) is 17.0 Å². The molecule has 0 spiro atoms. The van der Waals surface area contributed by atoms with Crippen LogP contribution >= 0.6 is 24.0 Å². The van der Waals surface area contributed by atoms with Crippen LogP contribution in [0, 0.1) is 11.6 Å². The smallest absolute Gasteiger partial charge is 0.339 e. The van der Waals surface area contributed by atoms with E-state index in [1.54, 1.807) is 18.2 Å². The van der Waals surface area contributed by atoms with Crippen LogP contribution in [-0.4, -0.2) is 48.7 Å². The Labute approximate surface area is 212 Å². The average molecular weight is 528 g/mol. The monoisotopic (exact) mass is 527 g/mol. The SMILES string of the molecule is O=C(CN1C(=O)/C(=C/c2cccc(-c3ccc(F)c(F)c3)n2)SC1=S)Nc1ccc(C(=O)O)c(O)c1. The number of thiocarbonyl (C=S) groups is 1. The molecule has 0 saturated carbocycles. The van der Waals surface area contributed by atoms with Crippen LogP contribution in [-0.2, 0) is 9.59 Å². The fourth-order valence-corrected chi connectivity index (χ4v) is 4.49. The summed E-state index contributed by atoms with van der Waals surface area (Å²) in [6, 6.07) is 11.8. The highest BCUT2D eigenvalue weighted by Gasteiger charge is 2.33. The molecule has 12 heteroatoms. The van der Waals surface area contributed by atoms with E-state index in [0.717, 1.165) is 40.9 Å². The number of rotatable bonds is 6. The Kier molecular flexibility index (Phi) is 7.08. The number of amides is 2. The molecule has 0 atom stereocenters. The van der Waals surface area contributed by atoms with Gasteiger partial charge in [-0.2, -0.15) is 0 Å². The van der Waals surface area contributed by atoms with Gasteiger partial charge in [0, 0.05) is 17.3 Å². The lowest BCUT2D eigenvalue weighted by Gasteiger charge is -2.14. The summed E-state index contributed by atoms with van der Waals surface area (Å²) in [5.74, 6) is -4.96. The van der Waals surface area contributed by atoms with Crippen LogP contribution in [0.2, 0.25) is 0 Å². The van der Waals surface area contributed by atoms with E-state index in [1.165, 1.54) is 18.2 Å². The van der Waals surface area contributed by atoms with Gasteiger partial charge in [0.1, 0.15) is 22.2 Å². The number of hydrogen-bond acceptors (Lipinski definition) is 7. The molecule has 0 aliphatic carbocycles. The summed E-state index contributed by atoms with van der Waals surface area (Å²) in [5, 5.41) is 21.2. The Balaban J connectivity index is 1.47. The molecule has 0 bridgehead atoms. The van der Waals surface area contributed by atoms with Crippen LogP contribution in [0.3, 0.4) is 0 Å². The van der Waals surface area contributed by atoms with Crippen molar-refractivity contribution >= 4 is 57.8 Å². The normalized spacial score (nSPS) is 14.4. The Morgan fingerprint density at radius 1 is 1.11 bits per heavy atom. The lowest BCUT2D eigenvalue weighted by atomic mass is 10.1. The van der Waals surface area contributed by atoms with Gasteiger partial charge in [-0.1, -0.05) is 30.0 Å². The second kappa shape index (κ2) is 10.2. The number of phenols is 1. The molecule has 1 aliphatic heterocycles. The van der Waals surface area contributed by atoms with E-state index in [1.807, 2.05) is 0 Å². The first kappa shape index (κ1) is 24.9. The van der Waals surface area contributed by atoms with Crippen molar-refractivity contribution in [3.63, 3.8) is 0 Å². The van der Waals surface area contributed by atoms with E-state index >= 15 is 0 Å². The summed E-state index contributed by atoms with van der Waals surface area (Å²) in [6.45, 7) is -0.411. The van der Waals surface area contributed by atoms with E-state index in [9.17, 15) is 28.3 Å². The molecule has 1 saturated heterocycles. The molecule has 2 heterocycles. The number of carboxylic acids is 1. The molecule has 4 rings (SSSR count). The van der Waals surface area contributed by atoms with Crippen molar-refractivity contribution < 1.29 is 33.4 Å². The predicted octanol–water partition coefficient (Wildman–Crippen LogP) is 4.27. The summed E-state index contributed by atoms with van der Waals surface area (Å²) in [4.78, 5) is 42.0. The molecular formula is C24H15F2N3O5S2. The molecule has 0 unspecified atom stereocenters. The van der Waals surface area contributed by atoms with Gasteiger partial charge in [0.2, 0.25) is 5.91 Å². The zero-order chi connectivity index (χ0) is 26.0. The molecule has 36 heavy (non-hydrogen) atoms. The van der Waals surface area contributed by atoms with Crippen LogP contribution in [0.15, 0.2) is 59.5 Å². The van der Waals surface area contributed by atoms with Crippen LogP contribution in [0.5, 0.6) is 5.75 Å². The first-order valence-corrected chi connectivity index (χ1v) is 11.4. The average Bonchev–Trinajstić information content (AvgIpc) is 3.08. The van der Waals surface area contributed by atoms with E-state index in [2.05, 4.69) is 10.3 Å². The Hall–Kier alpha value is -4.16. The lowest BCUT2D eigenvalue weighted by molar-refractivity contribution is -0.126. The molecule has 0 radical (unpaired) electrons. The van der Waals surface area contributed by atoms with Gasteiger partial charge in [-0.15, -0.1) is 0 Å². The van der Waals surface area contributed by atoms with Crippen molar-refractivity contribution in [2.45, 2.75) is 0 Å². The highest BCUT2D eigenvalue weighted by molar-refractivity contribution is 8.26. The van der Waals surface area contributed by atoms with Crippen LogP contribution in [0.25, 0.3) is 17.3 Å². The van der Waals surface area contributed by atoms with Crippen LogP contribution in [0.1, 0.15) is 16.1 Å². The number of aromatic nitrogens is 1. The minimum Gasteiger partial charge on any atom is -0.507 e. The molecule has 3 aromatic rings. The summed E-state index contributed by atoms with van der Waals surface area (Å²) >= 11 is 6.21. The number of carboxylic acid groups (broad SMARTS) is 1. The van der Waals surface area contributed by atoms with E-state index in [-0.39, 0.29) is 20.5 Å². The number of anilines is 1. The molecular weight excluding hydrogens is 512 g/mol. The largest absolute Gasteiger partial charge is 0.507 e. The summed E-state index contributed by atoms with van der Waals surface area (Å²) < 4.78 is 27.0. The Morgan fingerprint density at radius 2 is 1.89 bits per heavy atom. The highest BCUT2D eigenvalue weighted by Crippen LogP contribution is 2.32. The number of halogens is 2. The fraction of sp³-hybridized carbons (Fsp3) is 0.0417. The van der Waals surface area contributed by atoms with Gasteiger partial charge in [0.25, 0.3) is 5.91 Å².